The van der Waals surface area contributed by atoms with Crippen molar-refractivity contribution in [3.8, 4) is 17.2 Å². The number of methoxy groups -OCH3 is 1. The summed E-state index contributed by atoms with van der Waals surface area (Å²) in [5.74, 6) is 0.697. The molecule has 130 valence electrons. The largest absolute Gasteiger partial charge is 0.508 e. The van der Waals surface area contributed by atoms with E-state index in [0.717, 1.165) is 33.6 Å². The second kappa shape index (κ2) is 6.89. The molecule has 25 heavy (non-hydrogen) atoms. The van der Waals surface area contributed by atoms with Gasteiger partial charge in [0.15, 0.2) is 0 Å². The highest BCUT2D eigenvalue weighted by atomic mass is 16.5. The van der Waals surface area contributed by atoms with Gasteiger partial charge in [0.2, 0.25) is 0 Å². The summed E-state index contributed by atoms with van der Waals surface area (Å²) in [7, 11) is 1.63. The third-order valence-corrected chi connectivity index (χ3v) is 4.28. The van der Waals surface area contributed by atoms with Gasteiger partial charge in [-0.05, 0) is 55.8 Å². The Bertz CT molecular complexity index is 910. The molecule has 5 nitrogen and oxygen atoms in total. The summed E-state index contributed by atoms with van der Waals surface area (Å²) in [6.07, 6.45) is 0.199. The van der Waals surface area contributed by atoms with Crippen molar-refractivity contribution < 1.29 is 19.4 Å². The van der Waals surface area contributed by atoms with Gasteiger partial charge in [-0.15, -0.1) is 0 Å². The predicted octanol–water partition coefficient (Wildman–Crippen LogP) is 3.76. The molecule has 0 saturated heterocycles. The van der Waals surface area contributed by atoms with Crippen molar-refractivity contribution in [2.45, 2.75) is 20.3 Å². The molecule has 0 saturated carbocycles. The summed E-state index contributed by atoms with van der Waals surface area (Å²) >= 11 is 0. The van der Waals surface area contributed by atoms with Crippen LogP contribution in [0.3, 0.4) is 0 Å². The second-order valence-electron chi connectivity index (χ2n) is 5.78. The van der Waals surface area contributed by atoms with E-state index in [1.54, 1.807) is 26.2 Å². The zero-order chi connectivity index (χ0) is 18.0. The number of benzene rings is 2. The number of phenolic OH excluding ortho intramolecular Hbond substituents is 1. The first-order valence-corrected chi connectivity index (χ1v) is 8.18. The number of aromatic nitrogens is 1. The lowest BCUT2D eigenvalue weighted by Crippen LogP contribution is -2.08. The predicted molar refractivity (Wildman–Crippen MR) is 96.6 cm³/mol. The van der Waals surface area contributed by atoms with Crippen molar-refractivity contribution in [2.75, 3.05) is 13.7 Å². The maximum Gasteiger partial charge on any atom is 0.310 e. The minimum atomic E-state index is -0.257. The first kappa shape index (κ1) is 16.9. The quantitative estimate of drug-likeness (QED) is 0.719. The second-order valence-corrected chi connectivity index (χ2v) is 5.78. The van der Waals surface area contributed by atoms with Crippen LogP contribution in [0.25, 0.3) is 16.6 Å². The maximum atomic E-state index is 12.0. The van der Waals surface area contributed by atoms with Crippen LogP contribution >= 0.6 is 0 Å². The van der Waals surface area contributed by atoms with Crippen LogP contribution in [-0.2, 0) is 16.0 Å². The monoisotopic (exact) mass is 339 g/mol. The Balaban J connectivity index is 2.18. The summed E-state index contributed by atoms with van der Waals surface area (Å²) in [5.41, 5.74) is 3.63. The van der Waals surface area contributed by atoms with Gasteiger partial charge in [0.1, 0.15) is 11.5 Å². The number of aromatic hydroxyl groups is 1. The lowest BCUT2D eigenvalue weighted by molar-refractivity contribution is -0.142. The summed E-state index contributed by atoms with van der Waals surface area (Å²) in [5, 5.41) is 10.9. The molecule has 0 aliphatic rings. The standard InChI is InChI=1S/C20H21NO4/c1-4-25-20(23)12-18-13(2)21(14-5-8-16(24-3)9-6-14)19-11-15(22)7-10-17(18)19/h5-11,22H,4,12H2,1-3H3. The fraction of sp³-hybridized carbons (Fsp3) is 0.250. The van der Waals surface area contributed by atoms with E-state index < -0.39 is 0 Å². The summed E-state index contributed by atoms with van der Waals surface area (Å²) < 4.78 is 12.4. The van der Waals surface area contributed by atoms with Gasteiger partial charge in [-0.25, -0.2) is 0 Å². The molecule has 0 spiro atoms. The molecule has 0 fully saturated rings. The van der Waals surface area contributed by atoms with Crippen molar-refractivity contribution in [2.24, 2.45) is 0 Å². The Morgan fingerprint density at radius 3 is 2.52 bits per heavy atom. The van der Waals surface area contributed by atoms with E-state index in [9.17, 15) is 9.90 Å². The molecule has 0 aliphatic heterocycles. The Morgan fingerprint density at radius 1 is 1.16 bits per heavy atom. The number of hydrogen-bond acceptors (Lipinski definition) is 4. The van der Waals surface area contributed by atoms with Crippen molar-refractivity contribution in [3.05, 3.63) is 53.7 Å². The number of hydrogen-bond donors (Lipinski definition) is 1. The number of rotatable bonds is 5. The summed E-state index contributed by atoms with van der Waals surface area (Å²) in [6, 6.07) is 12.8. The molecule has 0 bridgehead atoms. The normalized spacial score (nSPS) is 10.8. The molecule has 0 radical (unpaired) electrons. The van der Waals surface area contributed by atoms with E-state index in [1.165, 1.54) is 0 Å². The molecular weight excluding hydrogens is 318 g/mol. The van der Waals surface area contributed by atoms with Gasteiger partial charge in [0, 0.05) is 22.8 Å². The number of carbonyl (C=O) groups is 1. The molecule has 2 aromatic carbocycles. The van der Waals surface area contributed by atoms with Gasteiger partial charge in [0.25, 0.3) is 0 Å². The smallest absolute Gasteiger partial charge is 0.310 e. The zero-order valence-electron chi connectivity index (χ0n) is 14.6. The van der Waals surface area contributed by atoms with Gasteiger partial charge in [-0.2, -0.15) is 0 Å². The molecule has 1 aromatic heterocycles. The molecular formula is C20H21NO4. The number of fused-ring (bicyclic) bond motifs is 1. The van der Waals surface area contributed by atoms with E-state index in [1.807, 2.05) is 41.8 Å². The highest BCUT2D eigenvalue weighted by Crippen LogP contribution is 2.32. The Morgan fingerprint density at radius 2 is 1.88 bits per heavy atom. The fourth-order valence-electron chi connectivity index (χ4n) is 3.11. The van der Waals surface area contributed by atoms with Gasteiger partial charge < -0.3 is 19.1 Å². The SMILES string of the molecule is CCOC(=O)Cc1c(C)n(-c2ccc(OC)cc2)c2cc(O)ccc12. The van der Waals surface area contributed by atoms with Crippen molar-refractivity contribution in [1.29, 1.82) is 0 Å². The maximum absolute atomic E-state index is 12.0. The minimum absolute atomic E-state index is 0.183. The van der Waals surface area contributed by atoms with Crippen molar-refractivity contribution in [1.82, 2.24) is 4.57 Å². The molecule has 0 atom stereocenters. The van der Waals surface area contributed by atoms with Gasteiger partial charge in [-0.1, -0.05) is 0 Å². The van der Waals surface area contributed by atoms with E-state index in [2.05, 4.69) is 0 Å². The Labute approximate surface area is 146 Å². The van der Waals surface area contributed by atoms with Gasteiger partial charge in [-0.3, -0.25) is 4.79 Å². The van der Waals surface area contributed by atoms with E-state index in [-0.39, 0.29) is 18.1 Å². The van der Waals surface area contributed by atoms with Crippen molar-refractivity contribution >= 4 is 16.9 Å². The molecule has 0 aliphatic carbocycles. The third kappa shape index (κ3) is 3.18. The van der Waals surface area contributed by atoms with E-state index in [4.69, 9.17) is 9.47 Å². The van der Waals surface area contributed by atoms with Crippen molar-refractivity contribution in [3.63, 3.8) is 0 Å². The number of ether oxygens (including phenoxy) is 2. The number of phenols is 1. The van der Waals surface area contributed by atoms with E-state index >= 15 is 0 Å². The number of carbonyl (C=O) groups excluding carboxylic acids is 1. The first-order chi connectivity index (χ1) is 12.0. The highest BCUT2D eigenvalue weighted by molar-refractivity contribution is 5.91. The average molecular weight is 339 g/mol. The van der Waals surface area contributed by atoms with Crippen LogP contribution < -0.4 is 4.74 Å². The third-order valence-electron chi connectivity index (χ3n) is 4.28. The van der Waals surface area contributed by atoms with Crippen LogP contribution in [0.4, 0.5) is 0 Å². The van der Waals surface area contributed by atoms with Crippen LogP contribution in [0.15, 0.2) is 42.5 Å². The molecule has 3 aromatic rings. The number of esters is 1. The van der Waals surface area contributed by atoms with Crippen LogP contribution in [0.5, 0.6) is 11.5 Å². The molecule has 5 heteroatoms. The van der Waals surface area contributed by atoms with Crippen LogP contribution in [-0.4, -0.2) is 29.4 Å². The molecule has 3 rings (SSSR count). The molecule has 1 N–H and O–H groups in total. The lowest BCUT2D eigenvalue weighted by Gasteiger charge is -2.10. The highest BCUT2D eigenvalue weighted by Gasteiger charge is 2.18. The van der Waals surface area contributed by atoms with Crippen LogP contribution in [0, 0.1) is 6.92 Å². The van der Waals surface area contributed by atoms with E-state index in [0.29, 0.717) is 6.61 Å². The summed E-state index contributed by atoms with van der Waals surface area (Å²) in [6.45, 7) is 4.12. The van der Waals surface area contributed by atoms with Gasteiger partial charge in [0.05, 0.1) is 25.7 Å². The zero-order valence-corrected chi connectivity index (χ0v) is 14.6. The molecule has 0 amide bonds. The topological polar surface area (TPSA) is 60.7 Å². The number of nitrogens with zero attached hydrogens (tertiary/aromatic N) is 1. The molecule has 0 unspecified atom stereocenters. The Hall–Kier alpha value is -2.95. The molecule has 1 heterocycles. The first-order valence-electron chi connectivity index (χ1n) is 8.18. The Kier molecular flexibility index (Phi) is 4.65. The fourth-order valence-corrected chi connectivity index (χ4v) is 3.11. The van der Waals surface area contributed by atoms with Gasteiger partial charge >= 0.3 is 5.97 Å². The average Bonchev–Trinajstić information content (AvgIpc) is 2.86. The lowest BCUT2D eigenvalue weighted by atomic mass is 10.1. The summed E-state index contributed by atoms with van der Waals surface area (Å²) in [4.78, 5) is 12.0. The van der Waals surface area contributed by atoms with Crippen LogP contribution in [0.2, 0.25) is 0 Å². The van der Waals surface area contributed by atoms with Crippen LogP contribution in [0.1, 0.15) is 18.2 Å². The minimum Gasteiger partial charge on any atom is -0.508 e.